The molecule has 1 aliphatic heterocycles. The Kier molecular flexibility index (Phi) is 2.89. The van der Waals surface area contributed by atoms with Crippen molar-refractivity contribution in [2.45, 2.75) is 6.92 Å². The number of aromatic nitrogens is 2. The molecule has 0 bridgehead atoms. The van der Waals surface area contributed by atoms with Crippen LogP contribution >= 0.6 is 11.3 Å². The zero-order valence-electron chi connectivity index (χ0n) is 9.92. The maximum absolute atomic E-state index is 12.3. The van der Waals surface area contributed by atoms with Gasteiger partial charge in [-0.25, -0.2) is 5.06 Å². The molecule has 0 radical (unpaired) electrons. The molecular formula is C12H13N3O2S. The monoisotopic (exact) mass is 263 g/mol. The van der Waals surface area contributed by atoms with Gasteiger partial charge in [0, 0.05) is 5.92 Å². The molecule has 2 aromatic rings. The van der Waals surface area contributed by atoms with E-state index in [4.69, 9.17) is 4.84 Å². The molecule has 3 rings (SSSR count). The zero-order chi connectivity index (χ0) is 12.5. The normalized spacial score (nSPS) is 19.4. The minimum absolute atomic E-state index is 0.128. The molecule has 0 aliphatic carbocycles. The fourth-order valence-corrected chi connectivity index (χ4v) is 2.67. The van der Waals surface area contributed by atoms with Gasteiger partial charge in [0.25, 0.3) is 5.91 Å². The summed E-state index contributed by atoms with van der Waals surface area (Å²) in [5.41, 5.74) is 1.32. The number of nitrogens with one attached hydrogen (secondary N) is 1. The molecule has 6 heteroatoms. The summed E-state index contributed by atoms with van der Waals surface area (Å²) in [4.78, 5) is 18.7. The van der Waals surface area contributed by atoms with E-state index in [-0.39, 0.29) is 5.91 Å². The lowest BCUT2D eigenvalue weighted by atomic mass is 10.2. The number of thiophene rings is 1. The average Bonchev–Trinajstić information content (AvgIpc) is 3.08. The predicted octanol–water partition coefficient (Wildman–Crippen LogP) is 2.16. The first-order valence-electron chi connectivity index (χ1n) is 5.77. The molecule has 18 heavy (non-hydrogen) atoms. The number of hydrogen-bond acceptors (Lipinski definition) is 4. The van der Waals surface area contributed by atoms with Gasteiger partial charge >= 0.3 is 0 Å². The first kappa shape index (κ1) is 11.4. The topological polar surface area (TPSA) is 58.2 Å². The van der Waals surface area contributed by atoms with Crippen LogP contribution < -0.4 is 0 Å². The second kappa shape index (κ2) is 4.55. The first-order chi connectivity index (χ1) is 8.75. The highest BCUT2D eigenvalue weighted by atomic mass is 32.1. The second-order valence-electron chi connectivity index (χ2n) is 4.40. The lowest BCUT2D eigenvalue weighted by Gasteiger charge is -2.13. The number of carbonyl (C=O) groups excluding carboxylic acids is 1. The number of aromatic amines is 1. The Bertz CT molecular complexity index is 549. The van der Waals surface area contributed by atoms with Crippen molar-refractivity contribution in [1.82, 2.24) is 15.3 Å². The Morgan fingerprint density at radius 3 is 3.22 bits per heavy atom. The second-order valence-corrected chi connectivity index (χ2v) is 5.35. The zero-order valence-corrected chi connectivity index (χ0v) is 10.7. The van der Waals surface area contributed by atoms with Gasteiger partial charge in [-0.05, 0) is 11.4 Å². The summed E-state index contributed by atoms with van der Waals surface area (Å²) in [5.74, 6) is 0.252. The molecular weight excluding hydrogens is 250 g/mol. The molecule has 1 amide bonds. The minimum atomic E-state index is -0.128. The number of nitrogens with zero attached hydrogens (tertiary/aromatic N) is 2. The molecule has 2 aromatic heterocycles. The van der Waals surface area contributed by atoms with E-state index < -0.39 is 0 Å². The van der Waals surface area contributed by atoms with E-state index in [1.807, 2.05) is 17.5 Å². The van der Waals surface area contributed by atoms with Crippen molar-refractivity contribution >= 4 is 17.2 Å². The van der Waals surface area contributed by atoms with E-state index in [1.165, 1.54) is 5.06 Å². The Morgan fingerprint density at radius 1 is 1.67 bits per heavy atom. The van der Waals surface area contributed by atoms with Gasteiger partial charge in [-0.2, -0.15) is 5.10 Å². The van der Waals surface area contributed by atoms with Crippen LogP contribution in [-0.2, 0) is 4.84 Å². The third kappa shape index (κ3) is 1.93. The van der Waals surface area contributed by atoms with Gasteiger partial charge in [0.15, 0.2) is 0 Å². The molecule has 0 saturated carbocycles. The van der Waals surface area contributed by atoms with Gasteiger partial charge in [0.1, 0.15) is 0 Å². The summed E-state index contributed by atoms with van der Waals surface area (Å²) < 4.78 is 0. The SMILES string of the molecule is CC1CON(C(=O)c2cn[nH]c2-c2cccs2)C1. The third-order valence-electron chi connectivity index (χ3n) is 2.86. The highest BCUT2D eigenvalue weighted by Crippen LogP contribution is 2.27. The smallest absolute Gasteiger partial charge is 0.276 e. The molecule has 3 heterocycles. The van der Waals surface area contributed by atoms with E-state index in [2.05, 4.69) is 17.1 Å². The molecule has 0 spiro atoms. The highest BCUT2D eigenvalue weighted by Gasteiger charge is 2.28. The Morgan fingerprint density at radius 2 is 2.56 bits per heavy atom. The molecule has 1 saturated heterocycles. The van der Waals surface area contributed by atoms with Gasteiger partial charge in [0.05, 0.1) is 35.5 Å². The molecule has 1 N–H and O–H groups in total. The number of rotatable bonds is 2. The van der Waals surface area contributed by atoms with Crippen LogP contribution in [0.1, 0.15) is 17.3 Å². The number of hydroxylamine groups is 2. The summed E-state index contributed by atoms with van der Waals surface area (Å²) in [6.07, 6.45) is 1.56. The Balaban J connectivity index is 1.89. The highest BCUT2D eigenvalue weighted by molar-refractivity contribution is 7.13. The minimum Gasteiger partial charge on any atom is -0.276 e. The maximum atomic E-state index is 12.3. The van der Waals surface area contributed by atoms with E-state index in [0.717, 1.165) is 10.6 Å². The van der Waals surface area contributed by atoms with Gasteiger partial charge in [0.2, 0.25) is 0 Å². The van der Waals surface area contributed by atoms with Crippen molar-refractivity contribution in [2.24, 2.45) is 5.92 Å². The summed E-state index contributed by atoms with van der Waals surface area (Å²) in [6.45, 7) is 3.29. The van der Waals surface area contributed by atoms with E-state index in [0.29, 0.717) is 24.6 Å². The predicted molar refractivity (Wildman–Crippen MR) is 68.1 cm³/mol. The van der Waals surface area contributed by atoms with Crippen LogP contribution in [0, 0.1) is 5.92 Å². The number of H-pyrrole nitrogens is 1. The lowest BCUT2D eigenvalue weighted by molar-refractivity contribution is -0.0771. The summed E-state index contributed by atoms with van der Waals surface area (Å²) in [5, 5.41) is 10.2. The third-order valence-corrected chi connectivity index (χ3v) is 3.74. The van der Waals surface area contributed by atoms with Gasteiger partial charge in [-0.3, -0.25) is 14.7 Å². The van der Waals surface area contributed by atoms with Gasteiger partial charge in [-0.15, -0.1) is 11.3 Å². The van der Waals surface area contributed by atoms with E-state index >= 15 is 0 Å². The molecule has 1 aliphatic rings. The Labute approximate surface area is 108 Å². The standard InChI is InChI=1S/C12H13N3O2S/c1-8-6-15(17-7-8)12(16)9-5-13-14-11(9)10-3-2-4-18-10/h2-5,8H,6-7H2,1H3,(H,13,14). The van der Waals surface area contributed by atoms with Crippen LogP contribution in [0.3, 0.4) is 0 Å². The van der Waals surface area contributed by atoms with Crippen LogP contribution in [0.15, 0.2) is 23.7 Å². The summed E-state index contributed by atoms with van der Waals surface area (Å²) in [7, 11) is 0. The van der Waals surface area contributed by atoms with Crippen LogP contribution in [0.5, 0.6) is 0 Å². The van der Waals surface area contributed by atoms with E-state index in [9.17, 15) is 4.79 Å². The molecule has 1 fully saturated rings. The fourth-order valence-electron chi connectivity index (χ4n) is 1.94. The molecule has 5 nitrogen and oxygen atoms in total. The quantitative estimate of drug-likeness (QED) is 0.903. The maximum Gasteiger partial charge on any atom is 0.281 e. The number of carbonyl (C=O) groups is 1. The van der Waals surface area contributed by atoms with Crippen LogP contribution in [0.2, 0.25) is 0 Å². The van der Waals surface area contributed by atoms with Crippen molar-refractivity contribution < 1.29 is 9.63 Å². The van der Waals surface area contributed by atoms with Crippen LogP contribution in [0.4, 0.5) is 0 Å². The number of hydrogen-bond donors (Lipinski definition) is 1. The van der Waals surface area contributed by atoms with Crippen molar-refractivity contribution in [3.05, 3.63) is 29.3 Å². The number of amides is 1. The van der Waals surface area contributed by atoms with Crippen molar-refractivity contribution in [2.75, 3.05) is 13.2 Å². The Hall–Kier alpha value is -1.66. The molecule has 94 valence electrons. The van der Waals surface area contributed by atoms with Gasteiger partial charge < -0.3 is 0 Å². The fraction of sp³-hybridized carbons (Fsp3) is 0.333. The van der Waals surface area contributed by atoms with Crippen molar-refractivity contribution in [3.8, 4) is 10.6 Å². The lowest BCUT2D eigenvalue weighted by Crippen LogP contribution is -2.27. The van der Waals surface area contributed by atoms with Crippen LogP contribution in [0.25, 0.3) is 10.6 Å². The average molecular weight is 263 g/mol. The van der Waals surface area contributed by atoms with Crippen molar-refractivity contribution in [3.63, 3.8) is 0 Å². The largest absolute Gasteiger partial charge is 0.281 e. The van der Waals surface area contributed by atoms with Gasteiger partial charge in [-0.1, -0.05) is 13.0 Å². The van der Waals surface area contributed by atoms with E-state index in [1.54, 1.807) is 17.5 Å². The summed E-state index contributed by atoms with van der Waals surface area (Å²) >= 11 is 1.57. The van der Waals surface area contributed by atoms with Crippen molar-refractivity contribution in [1.29, 1.82) is 0 Å². The molecule has 1 atom stereocenters. The molecule has 0 aromatic carbocycles. The molecule has 1 unspecified atom stereocenters. The first-order valence-corrected chi connectivity index (χ1v) is 6.65. The summed E-state index contributed by atoms with van der Waals surface area (Å²) in [6, 6.07) is 3.91. The van der Waals surface area contributed by atoms with Crippen LogP contribution in [-0.4, -0.2) is 34.3 Å².